The summed E-state index contributed by atoms with van der Waals surface area (Å²) in [5.74, 6) is -3.22. The number of amides is 1. The second kappa shape index (κ2) is 10.1. The van der Waals surface area contributed by atoms with E-state index in [9.17, 15) is 23.8 Å². The smallest absolute Gasteiger partial charge is 0.287 e. The fourth-order valence-corrected chi connectivity index (χ4v) is 4.31. The van der Waals surface area contributed by atoms with E-state index in [2.05, 4.69) is 10.3 Å². The van der Waals surface area contributed by atoms with Crippen LogP contribution < -0.4 is 10.1 Å². The molecule has 0 bridgehead atoms. The largest absolute Gasteiger partial charge is 0.488 e. The number of carbonyl (C=O) groups is 1. The van der Waals surface area contributed by atoms with Crippen molar-refractivity contribution in [1.82, 2.24) is 14.8 Å². The summed E-state index contributed by atoms with van der Waals surface area (Å²) in [6, 6.07) is 7.51. The fraction of sp³-hybridized carbons (Fsp3) is 0.500. The molecule has 1 saturated carbocycles. The Morgan fingerprint density at radius 1 is 1.19 bits per heavy atom. The monoisotopic (exact) mass is 502 g/mol. The first kappa shape index (κ1) is 26.0. The summed E-state index contributed by atoms with van der Waals surface area (Å²) in [6.45, 7) is 4.08. The van der Waals surface area contributed by atoms with Gasteiger partial charge >= 0.3 is 0 Å². The Labute approximate surface area is 208 Å². The molecule has 0 spiro atoms. The second-order valence-electron chi connectivity index (χ2n) is 10.2. The van der Waals surface area contributed by atoms with E-state index < -0.39 is 23.1 Å². The van der Waals surface area contributed by atoms with Crippen LogP contribution >= 0.6 is 0 Å². The first-order chi connectivity index (χ1) is 16.9. The van der Waals surface area contributed by atoms with Crippen LogP contribution in [0.3, 0.4) is 0 Å². The van der Waals surface area contributed by atoms with Gasteiger partial charge in [-0.1, -0.05) is 6.07 Å². The molecule has 1 aliphatic rings. The van der Waals surface area contributed by atoms with Gasteiger partial charge in [0, 0.05) is 31.2 Å². The number of ether oxygens (including phenoxy) is 1. The van der Waals surface area contributed by atoms with Gasteiger partial charge in [0.05, 0.1) is 22.8 Å². The van der Waals surface area contributed by atoms with Crippen molar-refractivity contribution in [3.8, 4) is 5.75 Å². The standard InChI is InChI=1S/C26H32F2N4O4/c1-25(2,35)15-36-22-12-20-17(13-32(31-20)18-9-7-16(14-33)8-10-18)11-21(22)30-24(34)19-5-4-6-23(29-19)26(3,27)28/h4-6,11-13,16,18,33,35H,7-10,14-15H2,1-3H3,(H,30,34). The highest BCUT2D eigenvalue weighted by Crippen LogP contribution is 2.35. The molecule has 0 unspecified atom stereocenters. The number of halogens is 2. The summed E-state index contributed by atoms with van der Waals surface area (Å²) in [5.41, 5.74) is -0.798. The number of fused-ring (bicyclic) bond motifs is 1. The molecule has 1 aliphatic carbocycles. The van der Waals surface area contributed by atoms with Crippen LogP contribution in [0.15, 0.2) is 36.5 Å². The van der Waals surface area contributed by atoms with Gasteiger partial charge < -0.3 is 20.3 Å². The van der Waals surface area contributed by atoms with E-state index in [1.54, 1.807) is 26.0 Å². The number of benzene rings is 1. The highest BCUT2D eigenvalue weighted by molar-refractivity contribution is 6.05. The molecule has 0 atom stereocenters. The van der Waals surface area contributed by atoms with Crippen LogP contribution in [-0.2, 0) is 5.92 Å². The van der Waals surface area contributed by atoms with E-state index >= 15 is 0 Å². The van der Waals surface area contributed by atoms with Crippen molar-refractivity contribution in [3.05, 3.63) is 47.9 Å². The van der Waals surface area contributed by atoms with Gasteiger partial charge in [-0.05, 0) is 63.6 Å². The maximum absolute atomic E-state index is 13.7. The van der Waals surface area contributed by atoms with Crippen LogP contribution in [0.1, 0.15) is 68.7 Å². The summed E-state index contributed by atoms with van der Waals surface area (Å²) >= 11 is 0. The molecule has 10 heteroatoms. The van der Waals surface area contributed by atoms with E-state index in [1.165, 1.54) is 18.2 Å². The van der Waals surface area contributed by atoms with E-state index in [0.29, 0.717) is 22.9 Å². The molecule has 8 nitrogen and oxygen atoms in total. The van der Waals surface area contributed by atoms with Crippen molar-refractivity contribution in [2.45, 2.75) is 64.0 Å². The summed E-state index contributed by atoms with van der Waals surface area (Å²) in [5, 5.41) is 27.7. The number of pyridine rings is 1. The molecular formula is C26H32F2N4O4. The molecule has 0 saturated heterocycles. The number of nitrogens with one attached hydrogen (secondary N) is 1. The summed E-state index contributed by atoms with van der Waals surface area (Å²) < 4.78 is 35.2. The van der Waals surface area contributed by atoms with Crippen molar-refractivity contribution in [2.75, 3.05) is 18.5 Å². The zero-order valence-electron chi connectivity index (χ0n) is 20.7. The number of hydrogen-bond acceptors (Lipinski definition) is 6. The van der Waals surface area contributed by atoms with Gasteiger partial charge in [0.1, 0.15) is 23.7 Å². The normalized spacial score (nSPS) is 18.9. The topological polar surface area (TPSA) is 110 Å². The quantitative estimate of drug-likeness (QED) is 0.413. The second-order valence-corrected chi connectivity index (χ2v) is 10.2. The lowest BCUT2D eigenvalue weighted by molar-refractivity contribution is 0.0126. The Morgan fingerprint density at radius 2 is 1.92 bits per heavy atom. The number of hydrogen-bond donors (Lipinski definition) is 3. The van der Waals surface area contributed by atoms with Crippen molar-refractivity contribution in [2.24, 2.45) is 5.92 Å². The number of aliphatic hydroxyl groups excluding tert-OH is 1. The predicted molar refractivity (Wildman–Crippen MR) is 131 cm³/mol. The molecule has 0 aliphatic heterocycles. The van der Waals surface area contributed by atoms with Crippen LogP contribution in [-0.4, -0.2) is 49.7 Å². The Hall–Kier alpha value is -3.11. The molecule has 2 aromatic heterocycles. The molecule has 1 amide bonds. The molecule has 4 rings (SSSR count). The molecule has 1 aromatic carbocycles. The van der Waals surface area contributed by atoms with E-state index in [-0.39, 0.29) is 24.9 Å². The predicted octanol–water partition coefficient (Wildman–Crippen LogP) is 4.67. The molecule has 3 aromatic rings. The fourth-order valence-electron chi connectivity index (χ4n) is 4.31. The van der Waals surface area contributed by atoms with Crippen molar-refractivity contribution >= 4 is 22.5 Å². The first-order valence-electron chi connectivity index (χ1n) is 12.1. The Balaban J connectivity index is 1.64. The lowest BCUT2D eigenvalue weighted by Gasteiger charge is -2.27. The van der Waals surface area contributed by atoms with Crippen LogP contribution in [0.25, 0.3) is 10.9 Å². The van der Waals surface area contributed by atoms with Crippen LogP contribution in [0, 0.1) is 5.92 Å². The minimum atomic E-state index is -3.18. The Kier molecular flexibility index (Phi) is 7.28. The lowest BCUT2D eigenvalue weighted by atomic mass is 9.87. The van der Waals surface area contributed by atoms with Gasteiger partial charge in [0.15, 0.2) is 0 Å². The average Bonchev–Trinajstić information content (AvgIpc) is 3.24. The Morgan fingerprint density at radius 3 is 2.56 bits per heavy atom. The SMILES string of the molecule is CC(C)(O)COc1cc2nn(C3CCC(CO)CC3)cc2cc1NC(=O)c1cccc(C(C)(F)F)n1. The molecule has 194 valence electrons. The van der Waals surface area contributed by atoms with E-state index in [1.807, 2.05) is 10.9 Å². The first-order valence-corrected chi connectivity index (χ1v) is 12.1. The molecular weight excluding hydrogens is 470 g/mol. The Bertz CT molecular complexity index is 1220. The van der Waals surface area contributed by atoms with Gasteiger partial charge in [-0.15, -0.1) is 0 Å². The maximum atomic E-state index is 13.7. The number of alkyl halides is 2. The number of nitrogens with zero attached hydrogens (tertiary/aromatic N) is 3. The third-order valence-corrected chi connectivity index (χ3v) is 6.33. The van der Waals surface area contributed by atoms with Crippen molar-refractivity contribution < 1.29 is 28.5 Å². The molecule has 3 N–H and O–H groups in total. The zero-order valence-corrected chi connectivity index (χ0v) is 20.7. The molecule has 0 radical (unpaired) electrons. The van der Waals surface area contributed by atoms with Crippen molar-refractivity contribution in [3.63, 3.8) is 0 Å². The summed E-state index contributed by atoms with van der Waals surface area (Å²) in [7, 11) is 0. The number of carbonyl (C=O) groups excluding carboxylic acids is 1. The highest BCUT2D eigenvalue weighted by atomic mass is 19.3. The van der Waals surface area contributed by atoms with Gasteiger partial charge in [0.2, 0.25) is 0 Å². The van der Waals surface area contributed by atoms with Crippen LogP contribution in [0.4, 0.5) is 14.5 Å². The average molecular weight is 503 g/mol. The number of aliphatic hydroxyl groups is 2. The summed E-state index contributed by atoms with van der Waals surface area (Å²) in [4.78, 5) is 16.7. The summed E-state index contributed by atoms with van der Waals surface area (Å²) in [6.07, 6.45) is 5.60. The third-order valence-electron chi connectivity index (χ3n) is 6.33. The number of rotatable bonds is 8. The van der Waals surface area contributed by atoms with Gasteiger partial charge in [0.25, 0.3) is 11.8 Å². The number of aromatic nitrogens is 3. The van der Waals surface area contributed by atoms with Gasteiger partial charge in [-0.25, -0.2) is 4.98 Å². The zero-order chi connectivity index (χ0) is 26.1. The minimum absolute atomic E-state index is 0.0386. The van der Waals surface area contributed by atoms with Crippen LogP contribution in [0.5, 0.6) is 5.75 Å². The molecule has 36 heavy (non-hydrogen) atoms. The van der Waals surface area contributed by atoms with E-state index in [4.69, 9.17) is 9.84 Å². The van der Waals surface area contributed by atoms with E-state index in [0.717, 1.165) is 38.0 Å². The number of anilines is 1. The molecule has 2 heterocycles. The van der Waals surface area contributed by atoms with Gasteiger partial charge in [-0.2, -0.15) is 13.9 Å². The molecule has 1 fully saturated rings. The van der Waals surface area contributed by atoms with Crippen molar-refractivity contribution in [1.29, 1.82) is 0 Å². The van der Waals surface area contributed by atoms with Gasteiger partial charge in [-0.3, -0.25) is 9.48 Å². The minimum Gasteiger partial charge on any atom is -0.488 e. The lowest BCUT2D eigenvalue weighted by Crippen LogP contribution is -2.28. The maximum Gasteiger partial charge on any atom is 0.287 e. The van der Waals surface area contributed by atoms with Crippen LogP contribution in [0.2, 0.25) is 0 Å². The third kappa shape index (κ3) is 6.17. The highest BCUT2D eigenvalue weighted by Gasteiger charge is 2.27.